The normalized spacial score (nSPS) is 13.4. The van der Waals surface area contributed by atoms with Crippen molar-refractivity contribution in [2.45, 2.75) is 19.8 Å². The van der Waals surface area contributed by atoms with E-state index < -0.39 is 0 Å². The third kappa shape index (κ3) is 4.16. The molecule has 0 radical (unpaired) electrons. The summed E-state index contributed by atoms with van der Waals surface area (Å²) in [7, 11) is 0. The topological polar surface area (TPSA) is 17.8 Å². The van der Waals surface area contributed by atoms with Gasteiger partial charge in [-0.1, -0.05) is 133 Å². The van der Waals surface area contributed by atoms with Gasteiger partial charge in [-0.05, 0) is 109 Å². The van der Waals surface area contributed by atoms with Crippen LogP contribution in [-0.2, 0) is 0 Å². The molecule has 48 heavy (non-hydrogen) atoms. The summed E-state index contributed by atoms with van der Waals surface area (Å²) in [5.41, 5.74) is 10.9. The second-order valence-electron chi connectivity index (χ2n) is 13.2. The van der Waals surface area contributed by atoms with Crippen molar-refractivity contribution in [1.29, 1.82) is 0 Å². The molecule has 1 aromatic heterocycles. The smallest absolute Gasteiger partial charge is 0.145 e. The van der Waals surface area contributed by atoms with Gasteiger partial charge in [-0.15, -0.1) is 0 Å². The molecule has 226 valence electrons. The van der Waals surface area contributed by atoms with E-state index >= 15 is 0 Å². The van der Waals surface area contributed by atoms with Crippen molar-refractivity contribution >= 4 is 59.8 Å². The Morgan fingerprint density at radius 1 is 0.562 bits per heavy atom. The zero-order valence-corrected chi connectivity index (χ0v) is 26.7. The van der Waals surface area contributed by atoms with Gasteiger partial charge < -0.3 is 0 Å². The Labute approximate surface area is 279 Å². The van der Waals surface area contributed by atoms with Gasteiger partial charge in [0.05, 0.1) is 11.0 Å². The Morgan fingerprint density at radius 2 is 1.19 bits per heavy atom. The maximum absolute atomic E-state index is 5.12. The van der Waals surface area contributed by atoms with Crippen LogP contribution in [0.15, 0.2) is 152 Å². The van der Waals surface area contributed by atoms with E-state index in [0.717, 1.165) is 35.3 Å². The molecule has 2 heteroatoms. The molecule has 10 rings (SSSR count). The molecule has 1 aliphatic rings. The number of allylic oxidation sites excluding steroid dienone is 4. The molecule has 0 saturated heterocycles. The van der Waals surface area contributed by atoms with Crippen LogP contribution < -0.4 is 0 Å². The Balaban J connectivity index is 1.11. The zero-order chi connectivity index (χ0) is 31.8. The van der Waals surface area contributed by atoms with Gasteiger partial charge in [0.15, 0.2) is 0 Å². The lowest BCUT2D eigenvalue weighted by molar-refractivity contribution is 0.960. The minimum absolute atomic E-state index is 0.996. The van der Waals surface area contributed by atoms with Gasteiger partial charge in [-0.25, -0.2) is 4.98 Å². The van der Waals surface area contributed by atoms with Crippen molar-refractivity contribution in [2.24, 2.45) is 0 Å². The third-order valence-electron chi connectivity index (χ3n) is 10.3. The van der Waals surface area contributed by atoms with E-state index in [-0.39, 0.29) is 0 Å². The first-order valence-electron chi connectivity index (χ1n) is 16.9. The SMILES string of the molecule is Cc1ccc2cc(-c3ccc4ccc5c(-c6ccc(-c7nc8ccccc8n7C7=CC=CCC7)cc6)ccc6ccc3c4c65)ccc2c1. The number of hydrogen-bond donors (Lipinski definition) is 0. The summed E-state index contributed by atoms with van der Waals surface area (Å²) < 4.78 is 2.35. The van der Waals surface area contributed by atoms with Crippen LogP contribution in [0, 0.1) is 6.92 Å². The maximum atomic E-state index is 5.12. The molecule has 0 spiro atoms. The number of imidazole rings is 1. The van der Waals surface area contributed by atoms with Crippen LogP contribution in [0.2, 0.25) is 0 Å². The number of rotatable bonds is 4. The van der Waals surface area contributed by atoms with Gasteiger partial charge in [-0.2, -0.15) is 0 Å². The summed E-state index contributed by atoms with van der Waals surface area (Å²) in [4.78, 5) is 5.12. The van der Waals surface area contributed by atoms with Crippen molar-refractivity contribution in [2.75, 3.05) is 0 Å². The third-order valence-corrected chi connectivity index (χ3v) is 10.3. The summed E-state index contributed by atoms with van der Waals surface area (Å²) in [5.74, 6) is 0.996. The Hall–Kier alpha value is -5.99. The van der Waals surface area contributed by atoms with E-state index in [4.69, 9.17) is 4.98 Å². The summed E-state index contributed by atoms with van der Waals surface area (Å²) in [6.45, 7) is 2.15. The Morgan fingerprint density at radius 3 is 1.94 bits per heavy atom. The fraction of sp³-hybridized carbons (Fsp3) is 0.0652. The van der Waals surface area contributed by atoms with Gasteiger partial charge in [0, 0.05) is 11.3 Å². The van der Waals surface area contributed by atoms with Crippen LogP contribution >= 0.6 is 0 Å². The first kappa shape index (κ1) is 27.2. The molecule has 0 N–H and O–H groups in total. The van der Waals surface area contributed by atoms with E-state index in [1.54, 1.807) is 0 Å². The standard InChI is InChI=1S/C46H32N2/c1-29-11-12-35-28-36(18-17-34(35)27-29)39-24-20-32-21-25-40-38(23-19-31-22-26-41(39)45(32)44(31)40)30-13-15-33(16-14-30)46-47-42-9-5-6-10-43(42)48(46)37-7-3-2-4-8-37/h2-3,5-7,9-28H,4,8H2,1H3. The largest absolute Gasteiger partial charge is 0.296 e. The summed E-state index contributed by atoms with van der Waals surface area (Å²) in [6.07, 6.45) is 8.69. The van der Waals surface area contributed by atoms with Gasteiger partial charge in [0.1, 0.15) is 5.82 Å². The van der Waals surface area contributed by atoms with Gasteiger partial charge in [0.2, 0.25) is 0 Å². The number of aromatic nitrogens is 2. The lowest BCUT2D eigenvalue weighted by atomic mass is 9.87. The number of aryl methyl sites for hydroxylation is 1. The van der Waals surface area contributed by atoms with E-state index in [1.165, 1.54) is 76.6 Å². The van der Waals surface area contributed by atoms with Crippen molar-refractivity contribution < 1.29 is 0 Å². The molecule has 0 atom stereocenters. The van der Waals surface area contributed by atoms with Crippen molar-refractivity contribution in [3.63, 3.8) is 0 Å². The van der Waals surface area contributed by atoms with E-state index in [9.17, 15) is 0 Å². The van der Waals surface area contributed by atoms with Crippen molar-refractivity contribution in [3.05, 3.63) is 157 Å². The first-order valence-corrected chi connectivity index (χ1v) is 16.9. The molecule has 1 aliphatic carbocycles. The summed E-state index contributed by atoms with van der Waals surface area (Å²) in [6, 6.07) is 49.4. The minimum atomic E-state index is 0.996. The molecule has 9 aromatic rings. The van der Waals surface area contributed by atoms with Crippen LogP contribution in [0.3, 0.4) is 0 Å². The molecule has 1 heterocycles. The van der Waals surface area contributed by atoms with Crippen molar-refractivity contribution in [1.82, 2.24) is 9.55 Å². The van der Waals surface area contributed by atoms with Gasteiger partial charge in [-0.3, -0.25) is 4.57 Å². The second kappa shape index (κ2) is 10.5. The molecule has 0 unspecified atom stereocenters. The van der Waals surface area contributed by atoms with Crippen LogP contribution in [0.1, 0.15) is 18.4 Å². The van der Waals surface area contributed by atoms with Crippen LogP contribution in [0.4, 0.5) is 0 Å². The second-order valence-corrected chi connectivity index (χ2v) is 13.2. The fourth-order valence-electron chi connectivity index (χ4n) is 7.92. The average Bonchev–Trinajstić information content (AvgIpc) is 3.54. The highest BCUT2D eigenvalue weighted by Crippen LogP contribution is 2.43. The first-order chi connectivity index (χ1) is 23.7. The van der Waals surface area contributed by atoms with Crippen LogP contribution in [0.25, 0.3) is 93.5 Å². The highest BCUT2D eigenvalue weighted by Gasteiger charge is 2.18. The molecular weight excluding hydrogens is 581 g/mol. The summed E-state index contributed by atoms with van der Waals surface area (Å²) in [5, 5.41) is 10.4. The number of hydrogen-bond acceptors (Lipinski definition) is 1. The molecule has 8 aromatic carbocycles. The zero-order valence-electron chi connectivity index (χ0n) is 26.7. The van der Waals surface area contributed by atoms with Gasteiger partial charge in [0.25, 0.3) is 0 Å². The Bertz CT molecular complexity index is 2770. The monoisotopic (exact) mass is 612 g/mol. The molecule has 0 amide bonds. The number of para-hydroxylation sites is 2. The number of benzene rings is 8. The molecule has 0 aliphatic heterocycles. The van der Waals surface area contributed by atoms with Crippen LogP contribution in [0.5, 0.6) is 0 Å². The van der Waals surface area contributed by atoms with Crippen molar-refractivity contribution in [3.8, 4) is 33.6 Å². The minimum Gasteiger partial charge on any atom is -0.296 e. The molecular formula is C46H32N2. The van der Waals surface area contributed by atoms with E-state index in [0.29, 0.717) is 0 Å². The van der Waals surface area contributed by atoms with E-state index in [1.807, 2.05) is 0 Å². The molecule has 0 saturated carbocycles. The molecule has 2 nitrogen and oxygen atoms in total. The number of nitrogens with zero attached hydrogens (tertiary/aromatic N) is 2. The highest BCUT2D eigenvalue weighted by molar-refractivity contribution is 6.27. The quantitative estimate of drug-likeness (QED) is 0.181. The summed E-state index contributed by atoms with van der Waals surface area (Å²) >= 11 is 0. The lowest BCUT2D eigenvalue weighted by Gasteiger charge is -2.17. The lowest BCUT2D eigenvalue weighted by Crippen LogP contribution is -2.01. The van der Waals surface area contributed by atoms with Gasteiger partial charge >= 0.3 is 0 Å². The predicted octanol–water partition coefficient (Wildman–Crippen LogP) is 12.6. The Kier molecular flexibility index (Phi) is 5.95. The predicted molar refractivity (Wildman–Crippen MR) is 205 cm³/mol. The maximum Gasteiger partial charge on any atom is 0.145 e. The molecule has 0 bridgehead atoms. The molecule has 0 fully saturated rings. The fourth-order valence-corrected chi connectivity index (χ4v) is 7.92. The highest BCUT2D eigenvalue weighted by atomic mass is 15.1. The van der Waals surface area contributed by atoms with E-state index in [2.05, 4.69) is 163 Å². The number of fused-ring (bicyclic) bond motifs is 2. The average molecular weight is 613 g/mol. The van der Waals surface area contributed by atoms with Crippen LogP contribution in [-0.4, -0.2) is 9.55 Å².